The van der Waals surface area contributed by atoms with E-state index in [4.69, 9.17) is 9.15 Å². The molecule has 0 atom stereocenters. The zero-order valence-electron chi connectivity index (χ0n) is 18.1. The Kier molecular flexibility index (Phi) is 5.83. The summed E-state index contributed by atoms with van der Waals surface area (Å²) in [6, 6.07) is 14.2. The largest absolute Gasteiger partial charge is 0.497 e. The molecule has 0 aliphatic rings. The fourth-order valence-electron chi connectivity index (χ4n) is 3.81. The molecule has 2 aromatic heterocycles. The Hall–Kier alpha value is -3.83. The van der Waals surface area contributed by atoms with Gasteiger partial charge in [0.05, 0.1) is 19.2 Å². The molecule has 0 aliphatic carbocycles. The highest BCUT2D eigenvalue weighted by Crippen LogP contribution is 2.32. The number of nitriles is 1. The van der Waals surface area contributed by atoms with Crippen molar-refractivity contribution < 1.29 is 19.1 Å². The summed E-state index contributed by atoms with van der Waals surface area (Å²) in [6.45, 7) is 3.19. The second-order valence-electron chi connectivity index (χ2n) is 7.58. The lowest BCUT2D eigenvalue weighted by Gasteiger charge is -2.15. The first kappa shape index (κ1) is 22.4. The molecule has 0 spiro atoms. The SMILES string of the molecule is COc1ccc(Cn2c(O)c(C(=O)c3oc4cc(Br)ccc4c3C)c(C)c(C#N)c2=O)cc1. The minimum absolute atomic E-state index is 0.0318. The number of halogens is 1. The number of nitrogens with zero attached hydrogens (tertiary/aromatic N) is 2. The van der Waals surface area contributed by atoms with Gasteiger partial charge in [-0.2, -0.15) is 5.26 Å². The van der Waals surface area contributed by atoms with Crippen LogP contribution in [0.3, 0.4) is 0 Å². The van der Waals surface area contributed by atoms with Crippen molar-refractivity contribution in [2.75, 3.05) is 7.11 Å². The molecule has 2 heterocycles. The van der Waals surface area contributed by atoms with Gasteiger partial charge in [0, 0.05) is 15.4 Å². The third kappa shape index (κ3) is 3.81. The van der Waals surface area contributed by atoms with Crippen LogP contribution in [0.5, 0.6) is 11.6 Å². The smallest absolute Gasteiger partial charge is 0.271 e. The summed E-state index contributed by atoms with van der Waals surface area (Å²) in [4.78, 5) is 26.5. The topological polar surface area (TPSA) is 105 Å². The summed E-state index contributed by atoms with van der Waals surface area (Å²) in [7, 11) is 1.54. The van der Waals surface area contributed by atoms with E-state index in [9.17, 15) is 20.0 Å². The molecular formula is C25H19BrN2O5. The molecule has 1 N–H and O–H groups in total. The maximum Gasteiger partial charge on any atom is 0.271 e. The van der Waals surface area contributed by atoms with Gasteiger partial charge in [-0.25, -0.2) is 0 Å². The van der Waals surface area contributed by atoms with Gasteiger partial charge in [0.25, 0.3) is 5.56 Å². The molecular weight excluding hydrogens is 488 g/mol. The van der Waals surface area contributed by atoms with Crippen LogP contribution < -0.4 is 10.3 Å². The van der Waals surface area contributed by atoms with E-state index in [-0.39, 0.29) is 29.0 Å². The maximum absolute atomic E-state index is 13.5. The molecule has 0 bridgehead atoms. The van der Waals surface area contributed by atoms with Gasteiger partial charge >= 0.3 is 0 Å². The van der Waals surface area contributed by atoms with Gasteiger partial charge in [-0.15, -0.1) is 0 Å². The normalized spacial score (nSPS) is 10.9. The monoisotopic (exact) mass is 506 g/mol. The van der Waals surface area contributed by atoms with Crippen LogP contribution in [0.1, 0.15) is 38.4 Å². The molecule has 4 aromatic rings. The van der Waals surface area contributed by atoms with Gasteiger partial charge in [0.15, 0.2) is 5.76 Å². The van der Waals surface area contributed by atoms with E-state index in [1.807, 2.05) is 18.2 Å². The number of aromatic hydroxyl groups is 1. The number of aromatic nitrogens is 1. The molecule has 7 nitrogen and oxygen atoms in total. The molecule has 33 heavy (non-hydrogen) atoms. The van der Waals surface area contributed by atoms with Gasteiger partial charge in [0.2, 0.25) is 11.7 Å². The summed E-state index contributed by atoms with van der Waals surface area (Å²) in [6.07, 6.45) is 0. The molecule has 166 valence electrons. The van der Waals surface area contributed by atoms with E-state index in [2.05, 4.69) is 15.9 Å². The van der Waals surface area contributed by atoms with E-state index < -0.39 is 17.2 Å². The Morgan fingerprint density at radius 2 is 1.88 bits per heavy atom. The van der Waals surface area contributed by atoms with Crippen molar-refractivity contribution in [2.45, 2.75) is 20.4 Å². The van der Waals surface area contributed by atoms with Crippen molar-refractivity contribution in [3.05, 3.63) is 90.9 Å². The molecule has 0 saturated heterocycles. The summed E-state index contributed by atoms with van der Waals surface area (Å²) in [5.41, 5.74) is 0.885. The lowest BCUT2D eigenvalue weighted by Crippen LogP contribution is -2.27. The third-order valence-corrected chi connectivity index (χ3v) is 6.13. The zero-order chi connectivity index (χ0) is 23.9. The number of carbonyl (C=O) groups is 1. The molecule has 0 radical (unpaired) electrons. The van der Waals surface area contributed by atoms with E-state index >= 15 is 0 Å². The van der Waals surface area contributed by atoms with Crippen molar-refractivity contribution in [1.29, 1.82) is 5.26 Å². The number of furan rings is 1. The Bertz CT molecular complexity index is 1510. The number of pyridine rings is 1. The molecule has 0 fully saturated rings. The van der Waals surface area contributed by atoms with Crippen LogP contribution >= 0.6 is 15.9 Å². The number of ketones is 1. The number of rotatable bonds is 5. The van der Waals surface area contributed by atoms with Crippen LogP contribution in [0.2, 0.25) is 0 Å². The number of aryl methyl sites for hydroxylation is 1. The average molecular weight is 507 g/mol. The number of hydrogen-bond donors (Lipinski definition) is 1. The standard InChI is InChI=1S/C25H19BrN2O5/c1-13-19(11-27)24(30)28(12-15-4-7-17(32-3)8-5-15)25(31)21(13)22(29)23-14(2)18-9-6-16(26)10-20(18)33-23/h4-10,31H,12H2,1-3H3. The molecule has 0 unspecified atom stereocenters. The van der Waals surface area contributed by atoms with Crippen LogP contribution in [0.4, 0.5) is 0 Å². The minimum Gasteiger partial charge on any atom is -0.497 e. The van der Waals surface area contributed by atoms with Crippen LogP contribution in [0, 0.1) is 25.2 Å². The van der Waals surface area contributed by atoms with Gasteiger partial charge in [-0.1, -0.05) is 28.1 Å². The Balaban J connectivity index is 1.89. The first-order valence-corrected chi connectivity index (χ1v) is 10.8. The highest BCUT2D eigenvalue weighted by molar-refractivity contribution is 9.10. The van der Waals surface area contributed by atoms with Crippen molar-refractivity contribution >= 4 is 32.7 Å². The first-order chi connectivity index (χ1) is 15.8. The molecule has 0 amide bonds. The van der Waals surface area contributed by atoms with Crippen LogP contribution in [0.25, 0.3) is 11.0 Å². The second kappa shape index (κ2) is 8.60. The molecule has 8 heteroatoms. The van der Waals surface area contributed by atoms with Gasteiger partial charge in [0.1, 0.15) is 23.0 Å². The fraction of sp³-hybridized carbons (Fsp3) is 0.160. The lowest BCUT2D eigenvalue weighted by atomic mass is 9.98. The van der Waals surface area contributed by atoms with Gasteiger partial charge in [-0.05, 0) is 55.3 Å². The Labute approximate surface area is 197 Å². The number of hydrogen-bond acceptors (Lipinski definition) is 6. The van der Waals surface area contributed by atoms with Crippen molar-refractivity contribution in [3.63, 3.8) is 0 Å². The fourth-order valence-corrected chi connectivity index (χ4v) is 4.15. The zero-order valence-corrected chi connectivity index (χ0v) is 19.7. The Morgan fingerprint density at radius 1 is 1.18 bits per heavy atom. The average Bonchev–Trinajstić information content (AvgIpc) is 3.12. The summed E-state index contributed by atoms with van der Waals surface area (Å²) in [5, 5.41) is 21.4. The summed E-state index contributed by atoms with van der Waals surface area (Å²) < 4.78 is 12.8. The predicted molar refractivity (Wildman–Crippen MR) is 126 cm³/mol. The molecule has 2 aromatic carbocycles. The highest BCUT2D eigenvalue weighted by atomic mass is 79.9. The van der Waals surface area contributed by atoms with Crippen molar-refractivity contribution in [3.8, 4) is 17.7 Å². The Morgan fingerprint density at radius 3 is 2.52 bits per heavy atom. The van der Waals surface area contributed by atoms with E-state index in [0.717, 1.165) is 14.4 Å². The second-order valence-corrected chi connectivity index (χ2v) is 8.49. The number of benzene rings is 2. The highest BCUT2D eigenvalue weighted by Gasteiger charge is 2.28. The predicted octanol–water partition coefficient (Wildman–Crippen LogP) is 4.84. The number of ether oxygens (including phenoxy) is 1. The van der Waals surface area contributed by atoms with Crippen LogP contribution in [-0.4, -0.2) is 22.6 Å². The first-order valence-electron chi connectivity index (χ1n) is 9.99. The van der Waals surface area contributed by atoms with Crippen LogP contribution in [-0.2, 0) is 6.54 Å². The summed E-state index contributed by atoms with van der Waals surface area (Å²) >= 11 is 3.38. The molecule has 0 aliphatic heterocycles. The third-order valence-electron chi connectivity index (χ3n) is 5.63. The van der Waals surface area contributed by atoms with E-state index in [0.29, 0.717) is 22.5 Å². The number of fused-ring (bicyclic) bond motifs is 1. The molecule has 4 rings (SSSR count). The van der Waals surface area contributed by atoms with Gasteiger partial charge in [-0.3, -0.25) is 14.2 Å². The summed E-state index contributed by atoms with van der Waals surface area (Å²) in [5.74, 6) is -0.437. The number of carbonyl (C=O) groups excluding carboxylic acids is 1. The minimum atomic E-state index is -0.676. The van der Waals surface area contributed by atoms with Crippen molar-refractivity contribution in [1.82, 2.24) is 4.57 Å². The van der Waals surface area contributed by atoms with E-state index in [1.54, 1.807) is 44.4 Å². The van der Waals surface area contributed by atoms with Crippen molar-refractivity contribution in [2.24, 2.45) is 0 Å². The molecule has 0 saturated carbocycles. The quantitative estimate of drug-likeness (QED) is 0.388. The number of methoxy groups -OCH3 is 1. The maximum atomic E-state index is 13.5. The van der Waals surface area contributed by atoms with E-state index in [1.165, 1.54) is 6.92 Å². The van der Waals surface area contributed by atoms with Crippen LogP contribution in [0.15, 0.2) is 56.1 Å². The lowest BCUT2D eigenvalue weighted by molar-refractivity contribution is 0.101. The van der Waals surface area contributed by atoms with Gasteiger partial charge < -0.3 is 14.3 Å².